The summed E-state index contributed by atoms with van der Waals surface area (Å²) in [5.74, 6) is 0.268. The number of likely N-dealkylation sites (tertiary alicyclic amines) is 1. The third-order valence-corrected chi connectivity index (χ3v) is 3.87. The predicted octanol–water partition coefficient (Wildman–Crippen LogP) is 2.31. The maximum atomic E-state index is 11.6. The molecule has 2 N–H and O–H groups in total. The minimum Gasteiger partial charge on any atom is -0.490 e. The molecule has 1 aliphatic rings. The van der Waals surface area contributed by atoms with Gasteiger partial charge in [-0.25, -0.2) is 4.79 Å². The summed E-state index contributed by atoms with van der Waals surface area (Å²) >= 11 is 0. The number of benzene rings is 1. The van der Waals surface area contributed by atoms with Crippen molar-refractivity contribution in [3.05, 3.63) is 23.8 Å². The van der Waals surface area contributed by atoms with Crippen molar-refractivity contribution in [2.24, 2.45) is 0 Å². The topological polar surface area (TPSA) is 64.8 Å². The molecule has 0 bridgehead atoms. The van der Waals surface area contributed by atoms with Gasteiger partial charge in [-0.05, 0) is 51.6 Å². The van der Waals surface area contributed by atoms with Crippen LogP contribution >= 0.6 is 0 Å². The van der Waals surface area contributed by atoms with Crippen molar-refractivity contribution in [1.82, 2.24) is 4.90 Å². The quantitative estimate of drug-likeness (QED) is 0.666. The van der Waals surface area contributed by atoms with Crippen LogP contribution in [0.25, 0.3) is 0 Å². The third-order valence-electron chi connectivity index (χ3n) is 3.87. The maximum absolute atomic E-state index is 11.6. The normalized spacial score (nSPS) is 19.2. The van der Waals surface area contributed by atoms with Crippen molar-refractivity contribution in [3.8, 4) is 5.75 Å². The maximum Gasteiger partial charge on any atom is 0.338 e. The molecule has 1 fully saturated rings. The van der Waals surface area contributed by atoms with E-state index in [-0.39, 0.29) is 5.97 Å². The number of nitrogen functional groups attached to an aromatic ring is 1. The van der Waals surface area contributed by atoms with Crippen LogP contribution in [0.3, 0.4) is 0 Å². The zero-order valence-corrected chi connectivity index (χ0v) is 12.8. The Hall–Kier alpha value is -1.75. The van der Waals surface area contributed by atoms with E-state index in [9.17, 15) is 4.79 Å². The molecule has 1 aromatic carbocycles. The van der Waals surface area contributed by atoms with E-state index < -0.39 is 0 Å². The summed E-state index contributed by atoms with van der Waals surface area (Å²) in [5, 5.41) is 0. The molecular formula is C16H24N2O3. The first-order valence-corrected chi connectivity index (χ1v) is 7.51. The Morgan fingerprint density at radius 3 is 2.90 bits per heavy atom. The molecule has 0 spiro atoms. The van der Waals surface area contributed by atoms with Gasteiger partial charge >= 0.3 is 5.97 Å². The third kappa shape index (κ3) is 4.11. The second-order valence-electron chi connectivity index (χ2n) is 5.41. The lowest BCUT2D eigenvalue weighted by molar-refractivity contribution is 0.0526. The first-order valence-electron chi connectivity index (χ1n) is 7.51. The summed E-state index contributed by atoms with van der Waals surface area (Å²) in [7, 11) is 2.13. The zero-order chi connectivity index (χ0) is 15.2. The second kappa shape index (κ2) is 7.31. The van der Waals surface area contributed by atoms with Crippen LogP contribution in [-0.4, -0.2) is 43.7 Å². The van der Waals surface area contributed by atoms with Gasteiger partial charge in [0, 0.05) is 6.04 Å². The van der Waals surface area contributed by atoms with Gasteiger partial charge in [0.1, 0.15) is 12.4 Å². The highest BCUT2D eigenvalue weighted by molar-refractivity contribution is 5.91. The molecule has 1 unspecified atom stereocenters. The molecule has 1 aromatic rings. The minimum atomic E-state index is -0.359. The number of carbonyl (C=O) groups is 1. The highest BCUT2D eigenvalue weighted by Gasteiger charge is 2.20. The Bertz CT molecular complexity index is 490. The second-order valence-corrected chi connectivity index (χ2v) is 5.41. The van der Waals surface area contributed by atoms with Gasteiger partial charge in [-0.3, -0.25) is 0 Å². The van der Waals surface area contributed by atoms with Crippen LogP contribution in [0.4, 0.5) is 5.69 Å². The van der Waals surface area contributed by atoms with Crippen LogP contribution in [0.5, 0.6) is 5.75 Å². The van der Waals surface area contributed by atoms with E-state index in [0.29, 0.717) is 36.3 Å². The van der Waals surface area contributed by atoms with Crippen molar-refractivity contribution in [3.63, 3.8) is 0 Å². The van der Waals surface area contributed by atoms with E-state index >= 15 is 0 Å². The van der Waals surface area contributed by atoms with Crippen LogP contribution in [0.15, 0.2) is 18.2 Å². The minimum absolute atomic E-state index is 0.352. The molecule has 5 nitrogen and oxygen atoms in total. The number of rotatable bonds is 5. The van der Waals surface area contributed by atoms with E-state index in [0.717, 1.165) is 13.0 Å². The van der Waals surface area contributed by atoms with Crippen molar-refractivity contribution in [2.75, 3.05) is 32.5 Å². The lowest BCUT2D eigenvalue weighted by atomic mass is 10.0. The number of nitrogens with zero attached hydrogens (tertiary/aromatic N) is 1. The first kappa shape index (κ1) is 15.6. The highest BCUT2D eigenvalue weighted by atomic mass is 16.5. The molecule has 0 radical (unpaired) electrons. The van der Waals surface area contributed by atoms with Gasteiger partial charge in [0.25, 0.3) is 0 Å². The first-order chi connectivity index (χ1) is 10.1. The van der Waals surface area contributed by atoms with Crippen molar-refractivity contribution < 1.29 is 14.3 Å². The molecule has 0 aliphatic carbocycles. The van der Waals surface area contributed by atoms with Crippen molar-refractivity contribution in [1.29, 1.82) is 0 Å². The largest absolute Gasteiger partial charge is 0.490 e. The number of carbonyl (C=O) groups excluding carboxylic acids is 1. The number of anilines is 1. The molecule has 1 aliphatic heterocycles. The Labute approximate surface area is 126 Å². The van der Waals surface area contributed by atoms with Crippen LogP contribution < -0.4 is 10.5 Å². The number of likely N-dealkylation sites (N-methyl/N-ethyl adjacent to an activating group) is 1. The number of nitrogens with two attached hydrogens (primary N) is 1. The fourth-order valence-corrected chi connectivity index (χ4v) is 2.56. The molecule has 1 heterocycles. The fraction of sp³-hybridized carbons (Fsp3) is 0.562. The van der Waals surface area contributed by atoms with E-state index in [4.69, 9.17) is 15.2 Å². The monoisotopic (exact) mass is 292 g/mol. The van der Waals surface area contributed by atoms with Gasteiger partial charge in [0.2, 0.25) is 0 Å². The van der Waals surface area contributed by atoms with Gasteiger partial charge < -0.3 is 20.1 Å². The summed E-state index contributed by atoms with van der Waals surface area (Å²) in [6, 6.07) is 5.47. The summed E-state index contributed by atoms with van der Waals surface area (Å²) < 4.78 is 10.8. The van der Waals surface area contributed by atoms with Gasteiger partial charge in [0.15, 0.2) is 0 Å². The molecule has 2 rings (SSSR count). The average molecular weight is 292 g/mol. The molecule has 0 saturated carbocycles. The summed E-state index contributed by atoms with van der Waals surface area (Å²) in [6.45, 7) is 3.87. The molecule has 0 aromatic heterocycles. The Morgan fingerprint density at radius 2 is 2.24 bits per heavy atom. The fourth-order valence-electron chi connectivity index (χ4n) is 2.56. The number of piperidine rings is 1. The van der Waals surface area contributed by atoms with Crippen LogP contribution in [0.1, 0.15) is 36.5 Å². The number of hydrogen-bond donors (Lipinski definition) is 1. The van der Waals surface area contributed by atoms with Crippen molar-refractivity contribution >= 4 is 11.7 Å². The molecule has 116 valence electrons. The Balaban J connectivity index is 1.96. The van der Waals surface area contributed by atoms with Crippen molar-refractivity contribution in [2.45, 2.75) is 32.2 Å². The standard InChI is InChI=1S/C16H24N2O3/c1-3-20-16(19)12-7-8-15(14(17)10-12)21-11-13-6-4-5-9-18(13)2/h7-8,10,13H,3-6,9,11,17H2,1-2H3. The van der Waals surface area contributed by atoms with Gasteiger partial charge in [-0.15, -0.1) is 0 Å². The van der Waals surface area contributed by atoms with E-state index in [1.54, 1.807) is 25.1 Å². The number of esters is 1. The molecule has 5 heteroatoms. The predicted molar refractivity (Wildman–Crippen MR) is 82.6 cm³/mol. The Morgan fingerprint density at radius 1 is 1.43 bits per heavy atom. The molecule has 21 heavy (non-hydrogen) atoms. The van der Waals surface area contributed by atoms with E-state index in [1.165, 1.54) is 12.8 Å². The summed E-state index contributed by atoms with van der Waals surface area (Å²) in [5.41, 5.74) is 6.89. The highest BCUT2D eigenvalue weighted by Crippen LogP contribution is 2.24. The molecular weight excluding hydrogens is 268 g/mol. The summed E-state index contributed by atoms with van der Waals surface area (Å²) in [4.78, 5) is 14.0. The molecule has 1 atom stereocenters. The molecule has 1 saturated heterocycles. The smallest absolute Gasteiger partial charge is 0.338 e. The van der Waals surface area contributed by atoms with Gasteiger partial charge in [-0.2, -0.15) is 0 Å². The average Bonchev–Trinajstić information content (AvgIpc) is 2.47. The van der Waals surface area contributed by atoms with Gasteiger partial charge in [-0.1, -0.05) is 6.42 Å². The van der Waals surface area contributed by atoms with Crippen LogP contribution in [-0.2, 0) is 4.74 Å². The lowest BCUT2D eigenvalue weighted by Crippen LogP contribution is -2.40. The van der Waals surface area contributed by atoms with Crippen LogP contribution in [0, 0.1) is 0 Å². The van der Waals surface area contributed by atoms with Gasteiger partial charge in [0.05, 0.1) is 17.9 Å². The van der Waals surface area contributed by atoms with E-state index in [2.05, 4.69) is 11.9 Å². The summed E-state index contributed by atoms with van der Waals surface area (Å²) in [6.07, 6.45) is 3.65. The zero-order valence-electron chi connectivity index (χ0n) is 12.8. The molecule has 0 amide bonds. The van der Waals surface area contributed by atoms with E-state index in [1.807, 2.05) is 0 Å². The lowest BCUT2D eigenvalue weighted by Gasteiger charge is -2.32. The number of hydrogen-bond acceptors (Lipinski definition) is 5. The Kier molecular flexibility index (Phi) is 5.44. The number of ether oxygens (including phenoxy) is 2. The van der Waals surface area contributed by atoms with Crippen LogP contribution in [0.2, 0.25) is 0 Å². The SMILES string of the molecule is CCOC(=O)c1ccc(OCC2CCCCN2C)c(N)c1.